The molecule has 0 aromatic heterocycles. The van der Waals surface area contributed by atoms with E-state index in [0.29, 0.717) is 5.92 Å². The Morgan fingerprint density at radius 3 is 1.69 bits per heavy atom. The summed E-state index contributed by atoms with van der Waals surface area (Å²) in [7, 11) is 0. The number of aliphatic carboxylic acids is 1. The van der Waals surface area contributed by atoms with Crippen molar-refractivity contribution >= 4 is 17.9 Å². The fourth-order valence-corrected chi connectivity index (χ4v) is 4.88. The van der Waals surface area contributed by atoms with E-state index in [9.17, 15) is 19.5 Å². The number of cyclic esters (lactones) is 2. The average molecular weight is 497 g/mol. The van der Waals surface area contributed by atoms with Crippen LogP contribution in [0.4, 0.5) is 0 Å². The highest BCUT2D eigenvalue weighted by molar-refractivity contribution is 5.98. The van der Waals surface area contributed by atoms with Crippen LogP contribution in [0.15, 0.2) is 48.5 Å². The number of carbonyl (C=O) groups is 3. The SMILES string of the molecule is CC1(C)OC(=O)C(C(c2ccc(O)cc2)C2CC2)C(=O)O1.O=C(O)CC(c1ccc(O)cc1)C1CC1. The summed E-state index contributed by atoms with van der Waals surface area (Å²) in [6.07, 6.45) is 4.39. The quantitative estimate of drug-likeness (QED) is 0.371. The molecule has 0 amide bonds. The van der Waals surface area contributed by atoms with E-state index < -0.39 is 29.6 Å². The third-order valence-electron chi connectivity index (χ3n) is 6.87. The van der Waals surface area contributed by atoms with Gasteiger partial charge in [-0.1, -0.05) is 24.3 Å². The number of carbonyl (C=O) groups excluding carboxylic acids is 2. The van der Waals surface area contributed by atoms with E-state index in [0.717, 1.165) is 36.8 Å². The van der Waals surface area contributed by atoms with Gasteiger partial charge in [0, 0.05) is 19.8 Å². The molecular weight excluding hydrogens is 464 g/mol. The van der Waals surface area contributed by atoms with E-state index in [-0.39, 0.29) is 35.7 Å². The van der Waals surface area contributed by atoms with Crippen LogP contribution in [0.25, 0.3) is 0 Å². The number of rotatable bonds is 7. The van der Waals surface area contributed by atoms with Gasteiger partial charge in [0.25, 0.3) is 5.79 Å². The molecule has 0 radical (unpaired) electrons. The van der Waals surface area contributed by atoms with E-state index in [4.69, 9.17) is 19.7 Å². The Bertz CT molecular complexity index is 1080. The summed E-state index contributed by atoms with van der Waals surface area (Å²) >= 11 is 0. The molecule has 192 valence electrons. The van der Waals surface area contributed by atoms with Crippen LogP contribution in [0.5, 0.6) is 11.5 Å². The predicted octanol–water partition coefficient (Wildman–Crippen LogP) is 4.70. The van der Waals surface area contributed by atoms with Crippen molar-refractivity contribution in [1.29, 1.82) is 0 Å². The smallest absolute Gasteiger partial charge is 0.324 e. The van der Waals surface area contributed by atoms with Crippen molar-refractivity contribution in [2.75, 3.05) is 0 Å². The first-order valence-corrected chi connectivity index (χ1v) is 12.3. The second-order valence-electron chi connectivity index (χ2n) is 10.3. The van der Waals surface area contributed by atoms with Crippen molar-refractivity contribution in [3.8, 4) is 11.5 Å². The fourth-order valence-electron chi connectivity index (χ4n) is 4.88. The van der Waals surface area contributed by atoms with Gasteiger partial charge in [-0.15, -0.1) is 0 Å². The third kappa shape index (κ3) is 6.36. The van der Waals surface area contributed by atoms with Gasteiger partial charge in [0.1, 0.15) is 11.5 Å². The molecule has 36 heavy (non-hydrogen) atoms. The minimum absolute atomic E-state index is 0.114. The van der Waals surface area contributed by atoms with Gasteiger partial charge in [0.2, 0.25) is 0 Å². The first kappa shape index (κ1) is 25.5. The fraction of sp³-hybridized carbons (Fsp3) is 0.464. The van der Waals surface area contributed by atoms with Crippen molar-refractivity contribution in [2.24, 2.45) is 17.8 Å². The first-order chi connectivity index (χ1) is 17.0. The lowest BCUT2D eigenvalue weighted by Crippen LogP contribution is -2.48. The second-order valence-corrected chi connectivity index (χ2v) is 10.3. The van der Waals surface area contributed by atoms with Crippen molar-refractivity contribution in [2.45, 2.75) is 63.6 Å². The van der Waals surface area contributed by atoms with Crippen LogP contribution in [0.2, 0.25) is 0 Å². The maximum absolute atomic E-state index is 12.3. The molecule has 8 nitrogen and oxygen atoms in total. The van der Waals surface area contributed by atoms with Crippen molar-refractivity contribution < 1.29 is 39.2 Å². The van der Waals surface area contributed by atoms with Gasteiger partial charge < -0.3 is 24.8 Å². The number of benzene rings is 2. The molecular formula is C28H32O8. The lowest BCUT2D eigenvalue weighted by molar-refractivity contribution is -0.241. The van der Waals surface area contributed by atoms with Crippen LogP contribution in [0.3, 0.4) is 0 Å². The Labute approximate surface area is 209 Å². The predicted molar refractivity (Wildman–Crippen MR) is 129 cm³/mol. The number of hydrogen-bond acceptors (Lipinski definition) is 7. The highest BCUT2D eigenvalue weighted by atomic mass is 16.7. The van der Waals surface area contributed by atoms with Crippen LogP contribution >= 0.6 is 0 Å². The van der Waals surface area contributed by atoms with Gasteiger partial charge in [-0.2, -0.15) is 0 Å². The summed E-state index contributed by atoms with van der Waals surface area (Å²) < 4.78 is 10.5. The van der Waals surface area contributed by atoms with Crippen LogP contribution in [-0.2, 0) is 23.9 Å². The number of phenolic OH excluding ortho intramolecular Hbond substituents is 2. The molecule has 2 aromatic carbocycles. The maximum atomic E-state index is 12.3. The number of hydrogen-bond donors (Lipinski definition) is 3. The number of phenols is 2. The molecule has 0 bridgehead atoms. The number of aromatic hydroxyl groups is 2. The Kier molecular flexibility index (Phi) is 7.24. The summed E-state index contributed by atoms with van der Waals surface area (Å²) in [4.78, 5) is 35.3. The average Bonchev–Trinajstić information content (AvgIpc) is 3.70. The normalized spacial score (nSPS) is 20.8. The van der Waals surface area contributed by atoms with Crippen LogP contribution < -0.4 is 0 Å². The Balaban J connectivity index is 0.000000179. The molecule has 8 heteroatoms. The topological polar surface area (TPSA) is 130 Å². The maximum Gasteiger partial charge on any atom is 0.324 e. The molecule has 1 aliphatic heterocycles. The summed E-state index contributed by atoms with van der Waals surface area (Å²) in [6, 6.07) is 13.5. The number of carboxylic acids is 1. The number of esters is 2. The van der Waals surface area contributed by atoms with Crippen LogP contribution in [-0.4, -0.2) is 39.0 Å². The van der Waals surface area contributed by atoms with Crippen molar-refractivity contribution in [1.82, 2.24) is 0 Å². The van der Waals surface area contributed by atoms with Gasteiger partial charge in [0.05, 0.1) is 6.42 Å². The largest absolute Gasteiger partial charge is 0.508 e. The zero-order valence-corrected chi connectivity index (χ0v) is 20.4. The molecule has 3 N–H and O–H groups in total. The summed E-state index contributed by atoms with van der Waals surface area (Å²) in [5.74, 6) is -2.88. The third-order valence-corrected chi connectivity index (χ3v) is 6.87. The zero-order chi connectivity index (χ0) is 26.0. The lowest BCUT2D eigenvalue weighted by Gasteiger charge is -2.36. The minimum atomic E-state index is -1.20. The Morgan fingerprint density at radius 2 is 1.28 bits per heavy atom. The molecule has 1 saturated heterocycles. The minimum Gasteiger partial charge on any atom is -0.508 e. The molecule has 2 atom stereocenters. The van der Waals surface area contributed by atoms with Gasteiger partial charge in [0.15, 0.2) is 5.92 Å². The Morgan fingerprint density at radius 1 is 0.833 bits per heavy atom. The number of carboxylic acid groups (broad SMARTS) is 1. The Hall–Kier alpha value is -3.55. The first-order valence-electron chi connectivity index (χ1n) is 12.3. The van der Waals surface area contributed by atoms with Gasteiger partial charge in [-0.3, -0.25) is 14.4 Å². The molecule has 0 spiro atoms. The number of ether oxygens (including phenoxy) is 2. The molecule has 2 saturated carbocycles. The highest BCUT2D eigenvalue weighted by Crippen LogP contribution is 2.49. The zero-order valence-electron chi connectivity index (χ0n) is 20.4. The van der Waals surface area contributed by atoms with Crippen LogP contribution in [0.1, 0.15) is 68.9 Å². The molecule has 3 aliphatic rings. The standard InChI is InChI=1S/C16H18O5.C12H14O3/c1-16(2)20-14(18)13(15(19)21-16)12(9-3-4-9)10-5-7-11(17)8-6-10;13-10-5-3-9(4-6-10)11(7-12(14)15)8-1-2-8/h5-9,12-13,17H,3-4H2,1-2H3;3-6,8,11,13H,1-2,7H2,(H,14,15). The van der Waals surface area contributed by atoms with Crippen LogP contribution in [0, 0.1) is 17.8 Å². The molecule has 1 heterocycles. The van der Waals surface area contributed by atoms with Gasteiger partial charge >= 0.3 is 17.9 Å². The van der Waals surface area contributed by atoms with E-state index in [2.05, 4.69) is 0 Å². The summed E-state index contributed by atoms with van der Waals surface area (Å²) in [6.45, 7) is 3.09. The molecule has 2 unspecified atom stereocenters. The second kappa shape index (κ2) is 10.2. The van der Waals surface area contributed by atoms with Gasteiger partial charge in [-0.25, -0.2) is 0 Å². The van der Waals surface area contributed by atoms with E-state index >= 15 is 0 Å². The van der Waals surface area contributed by atoms with Crippen molar-refractivity contribution in [3.63, 3.8) is 0 Å². The molecule has 3 fully saturated rings. The van der Waals surface area contributed by atoms with E-state index in [1.54, 1.807) is 50.2 Å². The van der Waals surface area contributed by atoms with E-state index in [1.807, 2.05) is 12.1 Å². The monoisotopic (exact) mass is 496 g/mol. The van der Waals surface area contributed by atoms with Crippen molar-refractivity contribution in [3.05, 3.63) is 59.7 Å². The summed E-state index contributed by atoms with van der Waals surface area (Å²) in [5, 5.41) is 27.4. The molecule has 2 aromatic rings. The summed E-state index contributed by atoms with van der Waals surface area (Å²) in [5.41, 5.74) is 1.88. The molecule has 5 rings (SSSR count). The lowest BCUT2D eigenvalue weighted by atomic mass is 9.81. The van der Waals surface area contributed by atoms with E-state index in [1.165, 1.54) is 0 Å². The van der Waals surface area contributed by atoms with Gasteiger partial charge in [-0.05, 0) is 78.8 Å². The highest BCUT2D eigenvalue weighted by Gasteiger charge is 2.51. The molecule has 2 aliphatic carbocycles.